The summed E-state index contributed by atoms with van der Waals surface area (Å²) >= 11 is 0. The first-order valence-corrected chi connectivity index (χ1v) is 7.47. The molecule has 0 spiro atoms. The highest BCUT2D eigenvalue weighted by molar-refractivity contribution is 6.01. The number of alkyl halides is 2. The van der Waals surface area contributed by atoms with Gasteiger partial charge in [-0.25, -0.2) is 4.39 Å². The van der Waals surface area contributed by atoms with Gasteiger partial charge in [-0.2, -0.15) is 8.78 Å². The van der Waals surface area contributed by atoms with Crippen molar-refractivity contribution in [3.8, 4) is 5.75 Å². The van der Waals surface area contributed by atoms with Crippen LogP contribution in [0.2, 0.25) is 0 Å². The van der Waals surface area contributed by atoms with Gasteiger partial charge in [0.05, 0.1) is 7.11 Å². The van der Waals surface area contributed by atoms with Gasteiger partial charge in [0.15, 0.2) is 11.6 Å². The summed E-state index contributed by atoms with van der Waals surface area (Å²) in [6.07, 6.45) is -3.12. The van der Waals surface area contributed by atoms with Crippen molar-refractivity contribution in [2.75, 3.05) is 20.7 Å². The number of hydrogen-bond donors (Lipinski definition) is 3. The maximum Gasteiger partial charge on any atom is 0.315 e. The van der Waals surface area contributed by atoms with E-state index in [0.29, 0.717) is 16.5 Å². The largest absolute Gasteiger partial charge is 0.494 e. The number of amides is 2. The zero-order chi connectivity index (χ0) is 18.7. The first-order valence-electron chi connectivity index (χ1n) is 7.47. The van der Waals surface area contributed by atoms with Gasteiger partial charge in [0, 0.05) is 36.5 Å². The zero-order valence-electron chi connectivity index (χ0n) is 13.9. The summed E-state index contributed by atoms with van der Waals surface area (Å²) in [4.78, 5) is 26.0. The first-order chi connectivity index (χ1) is 11.8. The van der Waals surface area contributed by atoms with Crippen molar-refractivity contribution in [2.45, 2.75) is 19.3 Å². The van der Waals surface area contributed by atoms with Gasteiger partial charge in [0.25, 0.3) is 11.8 Å². The molecule has 1 aromatic carbocycles. The fourth-order valence-electron chi connectivity index (χ4n) is 2.62. The van der Waals surface area contributed by atoms with Gasteiger partial charge < -0.3 is 20.4 Å². The predicted molar refractivity (Wildman–Crippen MR) is 85.6 cm³/mol. The molecule has 0 aliphatic carbocycles. The van der Waals surface area contributed by atoms with Gasteiger partial charge in [-0.3, -0.25) is 9.59 Å². The number of ether oxygens (including phenoxy) is 1. The molecule has 1 aromatic heterocycles. The number of carbonyl (C=O) groups excluding carboxylic acids is 2. The maximum absolute atomic E-state index is 13.9. The minimum atomic E-state index is -3.12. The third-order valence-electron chi connectivity index (χ3n) is 3.84. The van der Waals surface area contributed by atoms with Crippen molar-refractivity contribution in [2.24, 2.45) is 0 Å². The van der Waals surface area contributed by atoms with Crippen molar-refractivity contribution in [1.82, 2.24) is 15.6 Å². The molecule has 3 N–H and O–H groups in total. The number of aromatic nitrogens is 1. The first kappa shape index (κ1) is 18.6. The highest BCUT2D eigenvalue weighted by Gasteiger charge is 2.24. The Morgan fingerprint density at radius 2 is 2.00 bits per heavy atom. The van der Waals surface area contributed by atoms with E-state index in [0.717, 1.165) is 0 Å². The molecule has 0 aliphatic rings. The number of carbonyl (C=O) groups is 2. The second-order valence-corrected chi connectivity index (χ2v) is 5.47. The lowest BCUT2D eigenvalue weighted by Crippen LogP contribution is -2.33. The van der Waals surface area contributed by atoms with E-state index in [1.54, 1.807) is 6.92 Å². The van der Waals surface area contributed by atoms with Crippen molar-refractivity contribution < 1.29 is 27.5 Å². The molecule has 0 saturated heterocycles. The molecule has 136 valence electrons. The molecule has 1 heterocycles. The van der Waals surface area contributed by atoms with Crippen molar-refractivity contribution in [1.29, 1.82) is 0 Å². The number of aromatic amines is 1. The quantitative estimate of drug-likeness (QED) is 0.741. The third kappa shape index (κ3) is 3.70. The monoisotopic (exact) mass is 357 g/mol. The summed E-state index contributed by atoms with van der Waals surface area (Å²) < 4.78 is 43.5. The number of nitrogens with one attached hydrogen (secondary N) is 3. The molecule has 0 unspecified atom stereocenters. The van der Waals surface area contributed by atoms with Crippen molar-refractivity contribution in [3.05, 3.63) is 29.2 Å². The Bertz CT molecular complexity index is 805. The number of methoxy groups -OCH3 is 1. The highest BCUT2D eigenvalue weighted by atomic mass is 19.3. The minimum Gasteiger partial charge on any atom is -0.494 e. The fraction of sp³-hybridized carbons (Fsp3) is 0.375. The minimum absolute atomic E-state index is 0.0139. The van der Waals surface area contributed by atoms with Gasteiger partial charge in [0.2, 0.25) is 0 Å². The van der Waals surface area contributed by atoms with Crippen LogP contribution in [-0.2, 0) is 4.79 Å². The number of fused-ring (bicyclic) bond motifs is 1. The van der Waals surface area contributed by atoms with Crippen LogP contribution in [0.1, 0.15) is 28.9 Å². The standard InChI is InChI=1S/C16H18F3N3O3/c1-7(6-21-16(24)14(18)19)12-8-4-11(25-3)9(17)5-10(8)22-13(12)15(23)20-2/h4-5,7,14,22H,6H2,1-3H3,(H,20,23)(H,21,24)/t7-/m0/s1. The van der Waals surface area contributed by atoms with Crippen LogP contribution in [0.25, 0.3) is 10.9 Å². The van der Waals surface area contributed by atoms with E-state index in [1.165, 1.54) is 26.3 Å². The molecule has 2 aromatic rings. The van der Waals surface area contributed by atoms with Gasteiger partial charge in [-0.1, -0.05) is 6.92 Å². The van der Waals surface area contributed by atoms with Gasteiger partial charge in [0.1, 0.15) is 5.69 Å². The summed E-state index contributed by atoms with van der Waals surface area (Å²) in [5.74, 6) is -2.95. The predicted octanol–water partition coefficient (Wildman–Crippen LogP) is 2.16. The summed E-state index contributed by atoms with van der Waals surface area (Å²) in [6.45, 7) is 1.55. The normalized spacial score (nSPS) is 12.3. The van der Waals surface area contributed by atoms with E-state index in [4.69, 9.17) is 4.74 Å². The molecule has 0 aliphatic heterocycles. The molecular formula is C16H18F3N3O3. The van der Waals surface area contributed by atoms with Crippen LogP contribution in [0.5, 0.6) is 5.75 Å². The highest BCUT2D eigenvalue weighted by Crippen LogP contribution is 2.33. The number of H-pyrrole nitrogens is 1. The molecule has 0 saturated carbocycles. The van der Waals surface area contributed by atoms with Crippen LogP contribution in [-0.4, -0.2) is 43.9 Å². The second kappa shape index (κ2) is 7.45. The Morgan fingerprint density at radius 1 is 1.32 bits per heavy atom. The van der Waals surface area contributed by atoms with E-state index < -0.39 is 30.0 Å². The molecule has 6 nitrogen and oxygen atoms in total. The Kier molecular flexibility index (Phi) is 5.55. The molecule has 1 atom stereocenters. The van der Waals surface area contributed by atoms with Crippen molar-refractivity contribution >= 4 is 22.7 Å². The summed E-state index contributed by atoms with van der Waals surface area (Å²) in [7, 11) is 2.74. The Morgan fingerprint density at radius 3 is 2.56 bits per heavy atom. The lowest BCUT2D eigenvalue weighted by Gasteiger charge is -2.14. The lowest BCUT2D eigenvalue weighted by atomic mass is 9.96. The molecule has 0 radical (unpaired) electrons. The number of halogens is 3. The van der Waals surface area contributed by atoms with Gasteiger partial charge in [-0.05, 0) is 11.6 Å². The molecule has 2 amide bonds. The van der Waals surface area contributed by atoms with Crippen LogP contribution >= 0.6 is 0 Å². The summed E-state index contributed by atoms with van der Waals surface area (Å²) in [5, 5.41) is 5.09. The second-order valence-electron chi connectivity index (χ2n) is 5.47. The van der Waals surface area contributed by atoms with E-state index >= 15 is 0 Å². The Labute approximate surface area is 141 Å². The zero-order valence-corrected chi connectivity index (χ0v) is 13.9. The van der Waals surface area contributed by atoms with E-state index in [2.05, 4.69) is 15.6 Å². The van der Waals surface area contributed by atoms with Crippen LogP contribution in [0.4, 0.5) is 13.2 Å². The SMILES string of the molecule is CNC(=O)c1[nH]c2cc(F)c(OC)cc2c1[C@@H](C)CNC(=O)C(F)F. The number of benzene rings is 1. The topological polar surface area (TPSA) is 83.2 Å². The van der Waals surface area contributed by atoms with Gasteiger partial charge >= 0.3 is 6.43 Å². The Balaban J connectivity index is 2.50. The van der Waals surface area contributed by atoms with Crippen LogP contribution in [0.3, 0.4) is 0 Å². The molecule has 25 heavy (non-hydrogen) atoms. The third-order valence-corrected chi connectivity index (χ3v) is 3.84. The lowest BCUT2D eigenvalue weighted by molar-refractivity contribution is -0.131. The van der Waals surface area contributed by atoms with Crippen molar-refractivity contribution in [3.63, 3.8) is 0 Å². The van der Waals surface area contributed by atoms with Crippen LogP contribution in [0.15, 0.2) is 12.1 Å². The van der Waals surface area contributed by atoms with Crippen LogP contribution in [0, 0.1) is 5.82 Å². The smallest absolute Gasteiger partial charge is 0.315 e. The maximum atomic E-state index is 13.9. The van der Waals surface area contributed by atoms with E-state index in [9.17, 15) is 22.8 Å². The van der Waals surface area contributed by atoms with Crippen LogP contribution < -0.4 is 15.4 Å². The average Bonchev–Trinajstić information content (AvgIpc) is 2.95. The molecule has 0 bridgehead atoms. The summed E-state index contributed by atoms with van der Waals surface area (Å²) in [5.41, 5.74) is 1.00. The molecule has 9 heteroatoms. The molecule has 2 rings (SSSR count). The van der Waals surface area contributed by atoms with Gasteiger partial charge in [-0.15, -0.1) is 0 Å². The Hall–Kier alpha value is -2.71. The van der Waals surface area contributed by atoms with E-state index in [1.807, 2.05) is 0 Å². The van der Waals surface area contributed by atoms with E-state index in [-0.39, 0.29) is 18.0 Å². The average molecular weight is 357 g/mol. The fourth-order valence-corrected chi connectivity index (χ4v) is 2.62. The number of rotatable bonds is 6. The number of hydrogen-bond acceptors (Lipinski definition) is 3. The molecule has 0 fully saturated rings. The molecular weight excluding hydrogens is 339 g/mol. The summed E-state index contributed by atoms with van der Waals surface area (Å²) in [6, 6.07) is 2.61.